The standard InChI is InChI=1S/C24H22ClN3O3S/c1-15-11-16(2)13-19(12-15)28-23(30)22-20(8-10-32-22)27(24(28)31)14-21(29)26-9-7-17-3-5-18(25)6-4-17/h3-6,8,10-13H,7,9,14H2,1-2H3,(H,26,29). The summed E-state index contributed by atoms with van der Waals surface area (Å²) in [5.41, 5.74) is 3.02. The molecule has 0 unspecified atom stereocenters. The summed E-state index contributed by atoms with van der Waals surface area (Å²) in [6.45, 7) is 4.09. The largest absolute Gasteiger partial charge is 0.354 e. The summed E-state index contributed by atoms with van der Waals surface area (Å²) >= 11 is 7.16. The fraction of sp³-hybridized carbons (Fsp3) is 0.208. The van der Waals surface area contributed by atoms with E-state index in [1.165, 1.54) is 15.9 Å². The van der Waals surface area contributed by atoms with Crippen LogP contribution in [-0.2, 0) is 17.8 Å². The lowest BCUT2D eigenvalue weighted by atomic mass is 10.1. The normalized spacial score (nSPS) is 11.1. The van der Waals surface area contributed by atoms with Crippen molar-refractivity contribution in [3.8, 4) is 5.69 Å². The zero-order chi connectivity index (χ0) is 22.8. The Bertz CT molecular complexity index is 1400. The van der Waals surface area contributed by atoms with Crippen LogP contribution in [0.15, 0.2) is 63.5 Å². The maximum absolute atomic E-state index is 13.3. The summed E-state index contributed by atoms with van der Waals surface area (Å²) in [7, 11) is 0. The lowest BCUT2D eigenvalue weighted by molar-refractivity contribution is -0.121. The molecule has 4 rings (SSSR count). The predicted molar refractivity (Wildman–Crippen MR) is 129 cm³/mol. The zero-order valence-corrected chi connectivity index (χ0v) is 19.3. The lowest BCUT2D eigenvalue weighted by Crippen LogP contribution is -2.41. The number of carbonyl (C=O) groups excluding carboxylic acids is 1. The van der Waals surface area contributed by atoms with Gasteiger partial charge in [0.25, 0.3) is 5.56 Å². The molecule has 0 aliphatic rings. The van der Waals surface area contributed by atoms with E-state index in [1.54, 1.807) is 23.6 Å². The molecule has 0 saturated carbocycles. The second kappa shape index (κ2) is 9.14. The minimum Gasteiger partial charge on any atom is -0.354 e. The predicted octanol–water partition coefficient (Wildman–Crippen LogP) is 3.84. The first-order valence-electron chi connectivity index (χ1n) is 10.2. The molecule has 0 atom stereocenters. The van der Waals surface area contributed by atoms with E-state index in [-0.39, 0.29) is 18.0 Å². The first-order chi connectivity index (χ1) is 15.3. The number of hydrogen-bond donors (Lipinski definition) is 1. The van der Waals surface area contributed by atoms with Crippen LogP contribution in [0.1, 0.15) is 16.7 Å². The molecular weight excluding hydrogens is 446 g/mol. The number of nitrogens with zero attached hydrogens (tertiary/aromatic N) is 2. The quantitative estimate of drug-likeness (QED) is 0.468. The molecule has 32 heavy (non-hydrogen) atoms. The van der Waals surface area contributed by atoms with E-state index in [9.17, 15) is 14.4 Å². The van der Waals surface area contributed by atoms with Gasteiger partial charge in [-0.05, 0) is 72.7 Å². The number of benzene rings is 2. The number of thiophene rings is 1. The highest BCUT2D eigenvalue weighted by molar-refractivity contribution is 7.17. The monoisotopic (exact) mass is 467 g/mol. The number of fused-ring (bicyclic) bond motifs is 1. The molecule has 0 aliphatic heterocycles. The fourth-order valence-corrected chi connectivity index (χ4v) is 4.69. The summed E-state index contributed by atoms with van der Waals surface area (Å²) in [5, 5.41) is 5.27. The summed E-state index contributed by atoms with van der Waals surface area (Å²) in [5.74, 6) is -0.292. The summed E-state index contributed by atoms with van der Waals surface area (Å²) in [6.07, 6.45) is 0.647. The molecule has 0 saturated heterocycles. The topological polar surface area (TPSA) is 73.1 Å². The average molecular weight is 468 g/mol. The molecule has 4 aromatic rings. The van der Waals surface area contributed by atoms with E-state index in [1.807, 2.05) is 44.2 Å². The van der Waals surface area contributed by atoms with Crippen molar-refractivity contribution >= 4 is 39.1 Å². The first kappa shape index (κ1) is 22.0. The van der Waals surface area contributed by atoms with E-state index in [0.29, 0.717) is 33.9 Å². The molecule has 2 aromatic carbocycles. The third kappa shape index (κ3) is 4.54. The highest BCUT2D eigenvalue weighted by Crippen LogP contribution is 2.17. The smallest absolute Gasteiger partial charge is 0.336 e. The Morgan fingerprint density at radius 3 is 2.41 bits per heavy atom. The molecule has 1 N–H and O–H groups in total. The molecule has 0 bridgehead atoms. The minimum absolute atomic E-state index is 0.169. The van der Waals surface area contributed by atoms with Gasteiger partial charge in [0, 0.05) is 11.6 Å². The Kier molecular flexibility index (Phi) is 6.30. The van der Waals surface area contributed by atoms with Crippen LogP contribution in [0.3, 0.4) is 0 Å². The number of halogens is 1. The molecule has 6 nitrogen and oxygen atoms in total. The van der Waals surface area contributed by atoms with Gasteiger partial charge in [0.05, 0.1) is 11.2 Å². The van der Waals surface area contributed by atoms with Gasteiger partial charge in [-0.2, -0.15) is 0 Å². The number of aryl methyl sites for hydroxylation is 2. The highest BCUT2D eigenvalue weighted by atomic mass is 35.5. The van der Waals surface area contributed by atoms with Gasteiger partial charge in [-0.1, -0.05) is 29.8 Å². The van der Waals surface area contributed by atoms with Crippen LogP contribution in [-0.4, -0.2) is 21.6 Å². The molecule has 164 valence electrons. The van der Waals surface area contributed by atoms with E-state index >= 15 is 0 Å². The molecular formula is C24H22ClN3O3S. The third-order valence-corrected chi connectivity index (χ3v) is 6.31. The average Bonchev–Trinajstić information content (AvgIpc) is 3.22. The summed E-state index contributed by atoms with van der Waals surface area (Å²) < 4.78 is 2.96. The molecule has 0 spiro atoms. The molecule has 1 amide bonds. The third-order valence-electron chi connectivity index (χ3n) is 5.17. The lowest BCUT2D eigenvalue weighted by Gasteiger charge is -2.13. The highest BCUT2D eigenvalue weighted by Gasteiger charge is 2.17. The molecule has 0 fully saturated rings. The summed E-state index contributed by atoms with van der Waals surface area (Å²) in [6, 6.07) is 14.7. The Balaban J connectivity index is 1.63. The van der Waals surface area contributed by atoms with Crippen molar-refractivity contribution in [1.29, 1.82) is 0 Å². The van der Waals surface area contributed by atoms with Crippen LogP contribution >= 0.6 is 22.9 Å². The number of amides is 1. The Morgan fingerprint density at radius 1 is 1.03 bits per heavy atom. The van der Waals surface area contributed by atoms with Gasteiger partial charge in [-0.25, -0.2) is 9.36 Å². The van der Waals surface area contributed by atoms with Crippen LogP contribution < -0.4 is 16.6 Å². The molecule has 2 aromatic heterocycles. The van der Waals surface area contributed by atoms with Crippen molar-refractivity contribution in [2.75, 3.05) is 6.54 Å². The SMILES string of the molecule is Cc1cc(C)cc(-n2c(=O)c3sccc3n(CC(=O)NCCc3ccc(Cl)cc3)c2=O)c1. The second-order valence-electron chi connectivity index (χ2n) is 7.72. The van der Waals surface area contributed by atoms with Gasteiger partial charge >= 0.3 is 5.69 Å². The number of aromatic nitrogens is 2. The molecule has 0 aliphatic carbocycles. The van der Waals surface area contributed by atoms with Crippen molar-refractivity contribution in [3.63, 3.8) is 0 Å². The van der Waals surface area contributed by atoms with Crippen LogP contribution in [0.4, 0.5) is 0 Å². The van der Waals surface area contributed by atoms with Gasteiger partial charge < -0.3 is 5.32 Å². The van der Waals surface area contributed by atoms with Crippen LogP contribution in [0.2, 0.25) is 5.02 Å². The summed E-state index contributed by atoms with van der Waals surface area (Å²) in [4.78, 5) is 39.0. The number of rotatable bonds is 6. The van der Waals surface area contributed by atoms with Crippen molar-refractivity contribution in [1.82, 2.24) is 14.5 Å². The number of hydrogen-bond acceptors (Lipinski definition) is 4. The van der Waals surface area contributed by atoms with Crippen LogP contribution in [0, 0.1) is 13.8 Å². The first-order valence-corrected chi connectivity index (χ1v) is 11.4. The Hall–Kier alpha value is -3.16. The van der Waals surface area contributed by atoms with Crippen molar-refractivity contribution < 1.29 is 4.79 Å². The van der Waals surface area contributed by atoms with Gasteiger partial charge in [0.1, 0.15) is 11.2 Å². The Morgan fingerprint density at radius 2 is 1.72 bits per heavy atom. The van der Waals surface area contributed by atoms with E-state index in [4.69, 9.17) is 11.6 Å². The second-order valence-corrected chi connectivity index (χ2v) is 9.07. The number of nitrogens with one attached hydrogen (secondary N) is 1. The Labute approximate surface area is 193 Å². The van der Waals surface area contributed by atoms with E-state index in [0.717, 1.165) is 21.3 Å². The van der Waals surface area contributed by atoms with Crippen LogP contribution in [0.5, 0.6) is 0 Å². The van der Waals surface area contributed by atoms with E-state index < -0.39 is 5.69 Å². The van der Waals surface area contributed by atoms with Gasteiger partial charge in [0.2, 0.25) is 5.91 Å². The number of carbonyl (C=O) groups is 1. The van der Waals surface area contributed by atoms with Crippen molar-refractivity contribution in [2.45, 2.75) is 26.8 Å². The van der Waals surface area contributed by atoms with Crippen LogP contribution in [0.25, 0.3) is 15.9 Å². The molecule has 2 heterocycles. The van der Waals surface area contributed by atoms with Gasteiger partial charge in [-0.15, -0.1) is 11.3 Å². The van der Waals surface area contributed by atoms with Gasteiger partial charge in [-0.3, -0.25) is 14.2 Å². The van der Waals surface area contributed by atoms with Gasteiger partial charge in [0.15, 0.2) is 0 Å². The van der Waals surface area contributed by atoms with Crippen molar-refractivity contribution in [2.24, 2.45) is 0 Å². The van der Waals surface area contributed by atoms with Crippen molar-refractivity contribution in [3.05, 3.63) is 96.5 Å². The zero-order valence-electron chi connectivity index (χ0n) is 17.7. The fourth-order valence-electron chi connectivity index (χ4n) is 3.74. The maximum Gasteiger partial charge on any atom is 0.336 e. The maximum atomic E-state index is 13.3. The molecule has 8 heteroatoms. The van der Waals surface area contributed by atoms with E-state index in [2.05, 4.69) is 5.32 Å². The minimum atomic E-state index is -0.529. The molecule has 0 radical (unpaired) electrons.